The summed E-state index contributed by atoms with van der Waals surface area (Å²) in [6.07, 6.45) is -0.716. The van der Waals surface area contributed by atoms with Crippen molar-refractivity contribution in [3.05, 3.63) is 58.9 Å². The number of sulfonamides is 1. The molecule has 2 aromatic carbocycles. The Hall–Kier alpha value is -1.96. The third-order valence-electron chi connectivity index (χ3n) is 4.78. The zero-order valence-corrected chi connectivity index (χ0v) is 16.7. The first-order valence-corrected chi connectivity index (χ1v) is 10.2. The zero-order chi connectivity index (χ0) is 19.8. The Morgan fingerprint density at radius 3 is 2.41 bits per heavy atom. The van der Waals surface area contributed by atoms with Crippen molar-refractivity contribution >= 4 is 10.0 Å². The van der Waals surface area contributed by atoms with Crippen LogP contribution in [0.3, 0.4) is 0 Å². The van der Waals surface area contributed by atoms with Gasteiger partial charge in [-0.2, -0.15) is 4.31 Å². The van der Waals surface area contributed by atoms with Gasteiger partial charge in [-0.05, 0) is 61.7 Å². The molecule has 0 aliphatic carbocycles. The Kier molecular flexibility index (Phi) is 5.55. The van der Waals surface area contributed by atoms with E-state index in [1.54, 1.807) is 38.3 Å². The van der Waals surface area contributed by atoms with Gasteiger partial charge in [0.1, 0.15) is 11.6 Å². The Morgan fingerprint density at radius 1 is 1.11 bits per heavy atom. The fraction of sp³-hybridized carbons (Fsp3) is 0.400. The van der Waals surface area contributed by atoms with Crippen LogP contribution >= 0.6 is 0 Å². The number of ether oxygens (including phenoxy) is 2. The van der Waals surface area contributed by atoms with Gasteiger partial charge in [-0.3, -0.25) is 0 Å². The van der Waals surface area contributed by atoms with Crippen LogP contribution in [0, 0.1) is 19.7 Å². The van der Waals surface area contributed by atoms with E-state index in [1.165, 1.54) is 16.4 Å². The number of aryl methyl sites for hydroxylation is 2. The van der Waals surface area contributed by atoms with Crippen molar-refractivity contribution in [3.8, 4) is 5.75 Å². The molecule has 0 aromatic heterocycles. The van der Waals surface area contributed by atoms with Crippen molar-refractivity contribution in [3.63, 3.8) is 0 Å². The summed E-state index contributed by atoms with van der Waals surface area (Å²) in [5, 5.41) is 0. The van der Waals surface area contributed by atoms with Crippen LogP contribution in [-0.2, 0) is 14.8 Å². The van der Waals surface area contributed by atoms with Gasteiger partial charge in [0.05, 0.1) is 24.2 Å². The van der Waals surface area contributed by atoms with E-state index in [4.69, 9.17) is 9.47 Å². The molecule has 0 spiro atoms. The van der Waals surface area contributed by atoms with E-state index in [0.717, 1.165) is 11.1 Å². The number of morpholine rings is 1. The molecule has 1 heterocycles. The summed E-state index contributed by atoms with van der Waals surface area (Å²) >= 11 is 0. The van der Waals surface area contributed by atoms with Crippen LogP contribution in [0.15, 0.2) is 41.3 Å². The maximum Gasteiger partial charge on any atom is 0.243 e. The molecule has 1 aliphatic heterocycles. The molecule has 0 N–H and O–H groups in total. The molecule has 5 nitrogen and oxygen atoms in total. The second-order valence-electron chi connectivity index (χ2n) is 6.90. The van der Waals surface area contributed by atoms with Gasteiger partial charge in [0.25, 0.3) is 0 Å². The number of benzene rings is 2. The SMILES string of the molecule is COc1cc(C)c(S(=O)(=O)N2CC(C)OC(c3ccc(F)cc3)C2)cc1C. The Balaban J connectivity index is 1.94. The monoisotopic (exact) mass is 393 g/mol. The van der Waals surface area contributed by atoms with Crippen LogP contribution < -0.4 is 4.74 Å². The summed E-state index contributed by atoms with van der Waals surface area (Å²) in [6, 6.07) is 9.36. The van der Waals surface area contributed by atoms with E-state index in [9.17, 15) is 12.8 Å². The van der Waals surface area contributed by atoms with Crippen LogP contribution in [0.25, 0.3) is 0 Å². The van der Waals surface area contributed by atoms with Crippen LogP contribution in [-0.4, -0.2) is 39.0 Å². The summed E-state index contributed by atoms with van der Waals surface area (Å²) in [7, 11) is -2.14. The molecule has 27 heavy (non-hydrogen) atoms. The van der Waals surface area contributed by atoms with Crippen LogP contribution in [0.4, 0.5) is 4.39 Å². The zero-order valence-electron chi connectivity index (χ0n) is 15.9. The third kappa shape index (κ3) is 4.00. The van der Waals surface area contributed by atoms with E-state index < -0.39 is 16.1 Å². The summed E-state index contributed by atoms with van der Waals surface area (Å²) < 4.78 is 52.5. The van der Waals surface area contributed by atoms with Gasteiger partial charge in [0, 0.05) is 13.1 Å². The third-order valence-corrected chi connectivity index (χ3v) is 6.75. The average Bonchev–Trinajstić information content (AvgIpc) is 2.63. The van der Waals surface area contributed by atoms with Crippen molar-refractivity contribution in [2.24, 2.45) is 0 Å². The van der Waals surface area contributed by atoms with Gasteiger partial charge >= 0.3 is 0 Å². The first-order valence-electron chi connectivity index (χ1n) is 8.78. The number of hydrogen-bond acceptors (Lipinski definition) is 4. The molecule has 0 saturated carbocycles. The van der Waals surface area contributed by atoms with Gasteiger partial charge in [0.15, 0.2) is 0 Å². The lowest BCUT2D eigenvalue weighted by atomic mass is 10.1. The number of rotatable bonds is 4. The van der Waals surface area contributed by atoms with Crippen molar-refractivity contribution in [2.45, 2.75) is 37.9 Å². The Bertz CT molecular complexity index is 928. The van der Waals surface area contributed by atoms with E-state index in [-0.39, 0.29) is 29.9 Å². The second kappa shape index (κ2) is 7.58. The molecule has 146 valence electrons. The van der Waals surface area contributed by atoms with Gasteiger partial charge in [-0.15, -0.1) is 0 Å². The number of methoxy groups -OCH3 is 1. The summed E-state index contributed by atoms with van der Waals surface area (Å²) in [5.74, 6) is 0.322. The highest BCUT2D eigenvalue weighted by molar-refractivity contribution is 7.89. The van der Waals surface area contributed by atoms with E-state index in [1.807, 2.05) is 13.8 Å². The number of hydrogen-bond donors (Lipinski definition) is 0. The molecule has 3 rings (SSSR count). The second-order valence-corrected chi connectivity index (χ2v) is 8.80. The van der Waals surface area contributed by atoms with Crippen molar-refractivity contribution in [1.82, 2.24) is 4.31 Å². The first-order chi connectivity index (χ1) is 12.7. The van der Waals surface area contributed by atoms with Crippen molar-refractivity contribution < 1.29 is 22.3 Å². The minimum Gasteiger partial charge on any atom is -0.496 e. The number of nitrogens with zero attached hydrogens (tertiary/aromatic N) is 1. The van der Waals surface area contributed by atoms with Crippen molar-refractivity contribution in [2.75, 3.05) is 20.2 Å². The predicted molar refractivity (Wildman–Crippen MR) is 101 cm³/mol. The molecule has 0 amide bonds. The van der Waals surface area contributed by atoms with Gasteiger partial charge in [0.2, 0.25) is 10.0 Å². The van der Waals surface area contributed by atoms with E-state index in [0.29, 0.717) is 11.3 Å². The maximum absolute atomic E-state index is 13.3. The molecule has 0 radical (unpaired) electrons. The fourth-order valence-corrected chi connectivity index (χ4v) is 5.18. The molecule has 2 aromatic rings. The summed E-state index contributed by atoms with van der Waals surface area (Å²) in [5.41, 5.74) is 2.15. The van der Waals surface area contributed by atoms with Gasteiger partial charge < -0.3 is 9.47 Å². The molecular weight excluding hydrogens is 369 g/mol. The minimum atomic E-state index is -3.70. The maximum atomic E-state index is 13.3. The molecule has 1 aliphatic rings. The average molecular weight is 393 g/mol. The fourth-order valence-electron chi connectivity index (χ4n) is 3.37. The van der Waals surface area contributed by atoms with Crippen LogP contribution in [0.1, 0.15) is 29.7 Å². The smallest absolute Gasteiger partial charge is 0.243 e. The normalized spacial score (nSPS) is 21.2. The predicted octanol–water partition coefficient (Wildman–Crippen LogP) is 3.60. The van der Waals surface area contributed by atoms with E-state index in [2.05, 4.69) is 0 Å². The molecule has 0 bridgehead atoms. The standard InChI is InChI=1S/C20H24FNO4S/c1-13-10-20(14(2)9-18(13)25-4)27(23,24)22-11-15(3)26-19(12-22)16-5-7-17(21)8-6-16/h5-10,15,19H,11-12H2,1-4H3. The van der Waals surface area contributed by atoms with E-state index >= 15 is 0 Å². The van der Waals surface area contributed by atoms with Crippen LogP contribution in [0.2, 0.25) is 0 Å². The van der Waals surface area contributed by atoms with Gasteiger partial charge in [-0.1, -0.05) is 12.1 Å². The highest BCUT2D eigenvalue weighted by Crippen LogP contribution is 2.32. The molecule has 7 heteroatoms. The lowest BCUT2D eigenvalue weighted by Gasteiger charge is -2.36. The van der Waals surface area contributed by atoms with Crippen LogP contribution in [0.5, 0.6) is 5.75 Å². The Morgan fingerprint density at radius 2 is 1.78 bits per heavy atom. The highest BCUT2D eigenvalue weighted by atomic mass is 32.2. The number of halogens is 1. The summed E-state index contributed by atoms with van der Waals surface area (Å²) in [4.78, 5) is 0.271. The Labute approximate surface area is 159 Å². The first kappa shape index (κ1) is 19.8. The molecular formula is C20H24FNO4S. The lowest BCUT2D eigenvalue weighted by Crippen LogP contribution is -2.46. The largest absolute Gasteiger partial charge is 0.496 e. The van der Waals surface area contributed by atoms with Gasteiger partial charge in [-0.25, -0.2) is 12.8 Å². The van der Waals surface area contributed by atoms with Crippen molar-refractivity contribution in [1.29, 1.82) is 0 Å². The topological polar surface area (TPSA) is 55.8 Å². The molecule has 1 fully saturated rings. The summed E-state index contributed by atoms with van der Waals surface area (Å²) in [6.45, 7) is 5.87. The molecule has 1 saturated heterocycles. The lowest BCUT2D eigenvalue weighted by molar-refractivity contribution is -0.0557. The minimum absolute atomic E-state index is 0.183. The quantitative estimate of drug-likeness (QED) is 0.796. The molecule has 2 unspecified atom stereocenters. The highest BCUT2D eigenvalue weighted by Gasteiger charge is 2.35. The molecule has 2 atom stereocenters.